The summed E-state index contributed by atoms with van der Waals surface area (Å²) in [6.45, 7) is 0. The molecule has 33 heavy (non-hydrogen) atoms. The molecule has 3 aromatic carbocycles. The predicted octanol–water partition coefficient (Wildman–Crippen LogP) is 5.67. The van der Waals surface area contributed by atoms with E-state index in [1.165, 1.54) is 49.5 Å². The topological polar surface area (TPSA) is 81.2 Å². The van der Waals surface area contributed by atoms with Gasteiger partial charge in [-0.2, -0.15) is 13.2 Å². The first-order valence-electron chi connectivity index (χ1n) is 9.42. The zero-order valence-electron chi connectivity index (χ0n) is 16.9. The maximum Gasteiger partial charge on any atom is 0.418 e. The van der Waals surface area contributed by atoms with Crippen molar-refractivity contribution >= 4 is 32.5 Å². The number of ether oxygens (including phenoxy) is 1. The third-order valence-electron chi connectivity index (χ3n) is 4.78. The van der Waals surface area contributed by atoms with Gasteiger partial charge in [0.2, 0.25) is 10.0 Å². The van der Waals surface area contributed by atoms with E-state index in [1.54, 1.807) is 12.1 Å². The highest BCUT2D eigenvalue weighted by atomic mass is 35.5. The van der Waals surface area contributed by atoms with Crippen LogP contribution in [0, 0.1) is 0 Å². The van der Waals surface area contributed by atoms with Gasteiger partial charge < -0.3 is 4.74 Å². The Morgan fingerprint density at radius 3 is 2.42 bits per heavy atom. The Hall–Kier alpha value is -3.21. The molecule has 0 aliphatic rings. The number of hydrogen-bond acceptors (Lipinski definition) is 5. The lowest BCUT2D eigenvalue weighted by Gasteiger charge is -2.13. The molecule has 1 N–H and O–H groups in total. The molecule has 0 saturated heterocycles. The number of halogens is 4. The van der Waals surface area contributed by atoms with Gasteiger partial charge in [0, 0.05) is 17.0 Å². The van der Waals surface area contributed by atoms with Crippen molar-refractivity contribution < 1.29 is 26.3 Å². The van der Waals surface area contributed by atoms with Crippen LogP contribution in [0.4, 0.5) is 13.2 Å². The summed E-state index contributed by atoms with van der Waals surface area (Å²) < 4.78 is 72.4. The Balaban J connectivity index is 1.79. The second-order valence-electron chi connectivity index (χ2n) is 6.85. The van der Waals surface area contributed by atoms with Crippen molar-refractivity contribution in [2.45, 2.75) is 11.1 Å². The lowest BCUT2D eigenvalue weighted by molar-refractivity contribution is -0.136. The van der Waals surface area contributed by atoms with E-state index in [0.717, 1.165) is 12.4 Å². The van der Waals surface area contributed by atoms with Gasteiger partial charge in [-0.15, -0.1) is 0 Å². The van der Waals surface area contributed by atoms with Crippen LogP contribution in [0.3, 0.4) is 0 Å². The van der Waals surface area contributed by atoms with E-state index < -0.39 is 21.8 Å². The predicted molar refractivity (Wildman–Crippen MR) is 118 cm³/mol. The first-order valence-corrected chi connectivity index (χ1v) is 11.3. The van der Waals surface area contributed by atoms with Crippen molar-refractivity contribution in [1.82, 2.24) is 14.7 Å². The molecular formula is C22H15ClF3N3O3S. The lowest BCUT2D eigenvalue weighted by atomic mass is 10.0. The summed E-state index contributed by atoms with van der Waals surface area (Å²) in [5.41, 5.74) is -0.593. The SMILES string of the molecule is CNS(=O)(=O)c1cccc(Oc2ccc(Cl)c(-c3ncnc4c(C(F)(F)F)cccc34)c2)c1. The number of hydrogen-bond donors (Lipinski definition) is 1. The fraction of sp³-hybridized carbons (Fsp3) is 0.0909. The van der Waals surface area contributed by atoms with Gasteiger partial charge in [-0.1, -0.05) is 29.8 Å². The number of rotatable bonds is 5. The summed E-state index contributed by atoms with van der Waals surface area (Å²) in [6, 6.07) is 14.1. The molecule has 0 saturated carbocycles. The molecule has 1 aromatic heterocycles. The van der Waals surface area contributed by atoms with Crippen molar-refractivity contribution in [3.63, 3.8) is 0 Å². The van der Waals surface area contributed by atoms with Crippen LogP contribution in [-0.4, -0.2) is 25.4 Å². The van der Waals surface area contributed by atoms with Crippen molar-refractivity contribution in [3.05, 3.63) is 77.6 Å². The Bertz CT molecular complexity index is 1460. The largest absolute Gasteiger partial charge is 0.457 e. The molecule has 0 fully saturated rings. The van der Waals surface area contributed by atoms with Crippen LogP contribution < -0.4 is 9.46 Å². The van der Waals surface area contributed by atoms with Gasteiger partial charge >= 0.3 is 6.18 Å². The van der Waals surface area contributed by atoms with Crippen LogP contribution in [0.15, 0.2) is 71.9 Å². The molecule has 0 spiro atoms. The van der Waals surface area contributed by atoms with Crippen molar-refractivity contribution in [3.8, 4) is 22.8 Å². The van der Waals surface area contributed by atoms with E-state index in [1.807, 2.05) is 0 Å². The molecule has 0 amide bonds. The van der Waals surface area contributed by atoms with Gasteiger partial charge in [0.1, 0.15) is 17.8 Å². The molecule has 0 unspecified atom stereocenters. The van der Waals surface area contributed by atoms with Gasteiger partial charge in [0.15, 0.2) is 0 Å². The van der Waals surface area contributed by atoms with E-state index in [9.17, 15) is 21.6 Å². The van der Waals surface area contributed by atoms with Crippen LogP contribution in [-0.2, 0) is 16.2 Å². The maximum atomic E-state index is 13.4. The van der Waals surface area contributed by atoms with Crippen LogP contribution in [0.25, 0.3) is 22.2 Å². The van der Waals surface area contributed by atoms with Crippen LogP contribution in [0.1, 0.15) is 5.56 Å². The minimum atomic E-state index is -4.58. The number of sulfonamides is 1. The standard InChI is InChI=1S/C22H15ClF3N3O3S/c1-27-33(30,31)15-5-2-4-13(10-15)32-14-8-9-19(23)17(11-14)20-16-6-3-7-18(22(24,25)26)21(16)29-12-28-20/h2-12,27H,1H3. The summed E-state index contributed by atoms with van der Waals surface area (Å²) in [7, 11) is -2.38. The Labute approximate surface area is 192 Å². The summed E-state index contributed by atoms with van der Waals surface area (Å²) in [4.78, 5) is 8.00. The normalized spacial score (nSPS) is 12.2. The van der Waals surface area contributed by atoms with Crippen LogP contribution in [0.2, 0.25) is 5.02 Å². The Morgan fingerprint density at radius 2 is 1.70 bits per heavy atom. The Kier molecular flexibility index (Phi) is 6.00. The average molecular weight is 494 g/mol. The van der Waals surface area contributed by atoms with Crippen LogP contribution >= 0.6 is 11.6 Å². The highest BCUT2D eigenvalue weighted by Crippen LogP contribution is 2.39. The number of fused-ring (bicyclic) bond motifs is 1. The summed E-state index contributed by atoms with van der Waals surface area (Å²) in [5, 5.41) is 0.416. The minimum Gasteiger partial charge on any atom is -0.457 e. The van der Waals surface area contributed by atoms with E-state index in [-0.39, 0.29) is 38.0 Å². The van der Waals surface area contributed by atoms with E-state index in [4.69, 9.17) is 16.3 Å². The number of para-hydroxylation sites is 1. The van der Waals surface area contributed by atoms with E-state index in [2.05, 4.69) is 14.7 Å². The van der Waals surface area contributed by atoms with E-state index in [0.29, 0.717) is 5.56 Å². The Morgan fingerprint density at radius 1 is 0.970 bits per heavy atom. The summed E-state index contributed by atoms with van der Waals surface area (Å²) in [6.07, 6.45) is -3.54. The summed E-state index contributed by atoms with van der Waals surface area (Å²) in [5.74, 6) is 0.527. The van der Waals surface area contributed by atoms with Crippen LogP contribution in [0.5, 0.6) is 11.5 Å². The fourth-order valence-electron chi connectivity index (χ4n) is 3.24. The molecular weight excluding hydrogens is 479 g/mol. The molecule has 0 aliphatic carbocycles. The smallest absolute Gasteiger partial charge is 0.418 e. The maximum absolute atomic E-state index is 13.4. The number of nitrogens with zero attached hydrogens (tertiary/aromatic N) is 2. The van der Waals surface area contributed by atoms with Gasteiger partial charge in [-0.05, 0) is 43.4 Å². The molecule has 1 heterocycles. The number of nitrogens with one attached hydrogen (secondary N) is 1. The highest BCUT2D eigenvalue weighted by Gasteiger charge is 2.33. The number of alkyl halides is 3. The second kappa shape index (κ2) is 8.62. The monoisotopic (exact) mass is 493 g/mol. The molecule has 4 aromatic rings. The fourth-order valence-corrected chi connectivity index (χ4v) is 4.21. The number of benzene rings is 3. The van der Waals surface area contributed by atoms with Crippen molar-refractivity contribution in [1.29, 1.82) is 0 Å². The third-order valence-corrected chi connectivity index (χ3v) is 6.52. The molecule has 170 valence electrons. The van der Waals surface area contributed by atoms with E-state index >= 15 is 0 Å². The highest BCUT2D eigenvalue weighted by molar-refractivity contribution is 7.89. The summed E-state index contributed by atoms with van der Waals surface area (Å²) >= 11 is 6.34. The molecule has 6 nitrogen and oxygen atoms in total. The van der Waals surface area contributed by atoms with Crippen molar-refractivity contribution in [2.75, 3.05) is 7.05 Å². The molecule has 0 aliphatic heterocycles. The molecule has 4 rings (SSSR count). The van der Waals surface area contributed by atoms with Gasteiger partial charge in [-0.3, -0.25) is 0 Å². The quantitative estimate of drug-likeness (QED) is 0.387. The molecule has 0 bridgehead atoms. The van der Waals surface area contributed by atoms with Gasteiger partial charge in [0.05, 0.1) is 26.7 Å². The average Bonchev–Trinajstić information content (AvgIpc) is 2.79. The number of aromatic nitrogens is 2. The van der Waals surface area contributed by atoms with Crippen molar-refractivity contribution in [2.24, 2.45) is 0 Å². The zero-order chi connectivity index (χ0) is 23.8. The molecule has 11 heteroatoms. The zero-order valence-corrected chi connectivity index (χ0v) is 18.5. The molecule has 0 radical (unpaired) electrons. The van der Waals surface area contributed by atoms with Gasteiger partial charge in [-0.25, -0.2) is 23.1 Å². The first kappa shape index (κ1) is 23.0. The third kappa shape index (κ3) is 4.63. The molecule has 0 atom stereocenters. The first-order chi connectivity index (χ1) is 15.6. The van der Waals surface area contributed by atoms with Gasteiger partial charge in [0.25, 0.3) is 0 Å². The minimum absolute atomic E-state index is 0.0122. The second-order valence-corrected chi connectivity index (χ2v) is 9.14. The lowest BCUT2D eigenvalue weighted by Crippen LogP contribution is -2.18.